The van der Waals surface area contributed by atoms with E-state index in [2.05, 4.69) is 21.2 Å². The molecule has 0 amide bonds. The van der Waals surface area contributed by atoms with E-state index >= 15 is 0 Å². The van der Waals surface area contributed by atoms with Crippen molar-refractivity contribution in [3.63, 3.8) is 0 Å². The molecule has 1 atom stereocenters. The van der Waals surface area contributed by atoms with Gasteiger partial charge in [-0.1, -0.05) is 6.58 Å². The number of esters is 1. The van der Waals surface area contributed by atoms with Crippen molar-refractivity contribution in [1.29, 1.82) is 0 Å². The second-order valence-electron chi connectivity index (χ2n) is 2.85. The highest BCUT2D eigenvalue weighted by Crippen LogP contribution is 2.04. The van der Waals surface area contributed by atoms with Crippen molar-refractivity contribution in [2.24, 2.45) is 5.73 Å². The van der Waals surface area contributed by atoms with E-state index in [1.807, 2.05) is 0 Å². The molecule has 0 aliphatic rings. The molecular formula is C9H19NO5S. The van der Waals surface area contributed by atoms with Crippen molar-refractivity contribution >= 4 is 16.1 Å². The zero-order valence-corrected chi connectivity index (χ0v) is 10.8. The maximum Gasteiger partial charge on any atom is 0.333 e. The molecule has 0 aromatic carbocycles. The topological polar surface area (TPSA) is 95.7 Å². The van der Waals surface area contributed by atoms with Crippen molar-refractivity contribution in [3.05, 3.63) is 12.2 Å². The standard InChI is InChI=1S/C8H14O5S.CH5N/c1-6(2)8(9)13-5-7(3)14(10,11)12-4;1-2/h7H,1,5H2,2-4H3;2H2,1H3. The highest BCUT2D eigenvalue weighted by molar-refractivity contribution is 7.87. The largest absolute Gasteiger partial charge is 0.461 e. The Morgan fingerprint density at radius 1 is 1.44 bits per heavy atom. The third-order valence-electron chi connectivity index (χ3n) is 1.52. The third kappa shape index (κ3) is 6.54. The van der Waals surface area contributed by atoms with Crippen LogP contribution in [0.2, 0.25) is 0 Å². The number of nitrogens with two attached hydrogens (primary N) is 1. The van der Waals surface area contributed by atoms with E-state index in [9.17, 15) is 13.2 Å². The summed E-state index contributed by atoms with van der Waals surface area (Å²) in [6, 6.07) is 0. The molecule has 0 aliphatic heterocycles. The summed E-state index contributed by atoms with van der Waals surface area (Å²) >= 11 is 0. The molecule has 0 saturated heterocycles. The Kier molecular flexibility index (Phi) is 9.02. The van der Waals surface area contributed by atoms with Crippen molar-refractivity contribution < 1.29 is 22.1 Å². The Morgan fingerprint density at radius 3 is 2.19 bits per heavy atom. The summed E-state index contributed by atoms with van der Waals surface area (Å²) in [5.41, 5.74) is 4.73. The average Bonchev–Trinajstić information content (AvgIpc) is 2.27. The monoisotopic (exact) mass is 253 g/mol. The first-order valence-electron chi connectivity index (χ1n) is 4.51. The highest BCUT2D eigenvalue weighted by atomic mass is 32.2. The van der Waals surface area contributed by atoms with Gasteiger partial charge in [0.15, 0.2) is 0 Å². The first-order chi connectivity index (χ1) is 7.31. The minimum Gasteiger partial charge on any atom is -0.461 e. The number of rotatable bonds is 5. The lowest BCUT2D eigenvalue weighted by Crippen LogP contribution is -2.26. The van der Waals surface area contributed by atoms with Gasteiger partial charge in [-0.2, -0.15) is 8.42 Å². The molecule has 0 fully saturated rings. The normalized spacial score (nSPS) is 12.1. The first kappa shape index (κ1) is 17.5. The van der Waals surface area contributed by atoms with Gasteiger partial charge in [-0.05, 0) is 20.9 Å². The van der Waals surface area contributed by atoms with Crippen LogP contribution in [0.25, 0.3) is 0 Å². The maximum atomic E-state index is 11.0. The summed E-state index contributed by atoms with van der Waals surface area (Å²) in [4.78, 5) is 10.9. The zero-order valence-electron chi connectivity index (χ0n) is 10.0. The third-order valence-corrected chi connectivity index (χ3v) is 3.11. The van der Waals surface area contributed by atoms with Crippen LogP contribution < -0.4 is 5.73 Å². The Labute approximate surface area is 96.5 Å². The summed E-state index contributed by atoms with van der Waals surface area (Å²) in [6.07, 6.45) is 0. The minimum atomic E-state index is -3.63. The molecular weight excluding hydrogens is 234 g/mol. The molecule has 1 unspecified atom stereocenters. The van der Waals surface area contributed by atoms with Crippen LogP contribution in [0.1, 0.15) is 13.8 Å². The van der Waals surface area contributed by atoms with Crippen LogP contribution in [-0.2, 0) is 23.8 Å². The van der Waals surface area contributed by atoms with E-state index in [0.29, 0.717) is 0 Å². The molecule has 0 bridgehead atoms. The smallest absolute Gasteiger partial charge is 0.333 e. The molecule has 0 rings (SSSR count). The van der Waals surface area contributed by atoms with Gasteiger partial charge in [-0.15, -0.1) is 0 Å². The van der Waals surface area contributed by atoms with Crippen molar-refractivity contribution in [2.45, 2.75) is 19.1 Å². The number of hydrogen-bond donors (Lipinski definition) is 1. The predicted octanol–water partition coefficient (Wildman–Crippen LogP) is 0.0453. The molecule has 0 aromatic rings. The predicted molar refractivity (Wildman–Crippen MR) is 61.3 cm³/mol. The summed E-state index contributed by atoms with van der Waals surface area (Å²) in [5, 5.41) is -0.879. The molecule has 0 heterocycles. The van der Waals surface area contributed by atoms with Gasteiger partial charge in [-0.25, -0.2) is 4.79 Å². The van der Waals surface area contributed by atoms with Crippen molar-refractivity contribution in [1.82, 2.24) is 0 Å². The molecule has 0 aliphatic carbocycles. The molecule has 6 nitrogen and oxygen atoms in total. The van der Waals surface area contributed by atoms with Gasteiger partial charge < -0.3 is 10.5 Å². The van der Waals surface area contributed by atoms with Crippen LogP contribution in [0.4, 0.5) is 0 Å². The molecule has 2 N–H and O–H groups in total. The SMILES string of the molecule is C=C(C)C(=O)OCC(C)S(=O)(=O)OC.CN. The van der Waals surface area contributed by atoms with E-state index < -0.39 is 21.3 Å². The Bertz CT molecular complexity index is 323. The van der Waals surface area contributed by atoms with Crippen LogP contribution in [0.3, 0.4) is 0 Å². The van der Waals surface area contributed by atoms with Gasteiger partial charge in [0.1, 0.15) is 11.9 Å². The van der Waals surface area contributed by atoms with E-state index in [0.717, 1.165) is 7.11 Å². The molecule has 7 heteroatoms. The minimum absolute atomic E-state index is 0.229. The van der Waals surface area contributed by atoms with Gasteiger partial charge in [-0.3, -0.25) is 4.18 Å². The van der Waals surface area contributed by atoms with Crippen LogP contribution in [0.5, 0.6) is 0 Å². The van der Waals surface area contributed by atoms with Gasteiger partial charge >= 0.3 is 5.97 Å². The van der Waals surface area contributed by atoms with Crippen LogP contribution in [0, 0.1) is 0 Å². The Balaban J connectivity index is 0. The number of carbonyl (C=O) groups excluding carboxylic acids is 1. The second kappa shape index (κ2) is 8.26. The Morgan fingerprint density at radius 2 is 1.88 bits per heavy atom. The lowest BCUT2D eigenvalue weighted by Gasteiger charge is -2.11. The summed E-state index contributed by atoms with van der Waals surface area (Å²) in [6.45, 7) is 6.00. The summed E-state index contributed by atoms with van der Waals surface area (Å²) < 4.78 is 31.0. The van der Waals surface area contributed by atoms with Gasteiger partial charge in [0.2, 0.25) is 0 Å². The number of ether oxygens (including phenoxy) is 1. The molecule has 0 radical (unpaired) electrons. The van der Waals surface area contributed by atoms with Crippen molar-refractivity contribution in [2.75, 3.05) is 20.8 Å². The molecule has 16 heavy (non-hydrogen) atoms. The van der Waals surface area contributed by atoms with E-state index in [1.54, 1.807) is 0 Å². The van der Waals surface area contributed by atoms with Crippen molar-refractivity contribution in [3.8, 4) is 0 Å². The fourth-order valence-electron chi connectivity index (χ4n) is 0.564. The number of hydrogen-bond acceptors (Lipinski definition) is 6. The summed E-state index contributed by atoms with van der Waals surface area (Å²) in [7, 11) is -1.06. The number of carbonyl (C=O) groups is 1. The lowest BCUT2D eigenvalue weighted by atomic mass is 10.4. The van der Waals surface area contributed by atoms with Crippen LogP contribution in [-0.4, -0.2) is 40.4 Å². The first-order valence-corrected chi connectivity index (χ1v) is 5.98. The Hall–Kier alpha value is -0.920. The van der Waals surface area contributed by atoms with Crippen LogP contribution >= 0.6 is 0 Å². The average molecular weight is 253 g/mol. The fourth-order valence-corrected chi connectivity index (χ4v) is 1.13. The van der Waals surface area contributed by atoms with Gasteiger partial charge in [0.25, 0.3) is 10.1 Å². The van der Waals surface area contributed by atoms with E-state index in [1.165, 1.54) is 20.9 Å². The molecule has 0 saturated carbocycles. The van der Waals surface area contributed by atoms with Gasteiger partial charge in [0, 0.05) is 5.57 Å². The van der Waals surface area contributed by atoms with Crippen LogP contribution in [0.15, 0.2) is 12.2 Å². The van der Waals surface area contributed by atoms with E-state index in [4.69, 9.17) is 0 Å². The molecule has 96 valence electrons. The van der Waals surface area contributed by atoms with Gasteiger partial charge in [0.05, 0.1) is 7.11 Å². The fraction of sp³-hybridized carbons (Fsp3) is 0.667. The zero-order chi connectivity index (χ0) is 13.4. The quantitative estimate of drug-likeness (QED) is 0.422. The molecule has 0 spiro atoms. The molecule has 0 aromatic heterocycles. The highest BCUT2D eigenvalue weighted by Gasteiger charge is 2.21. The maximum absolute atomic E-state index is 11.0. The summed E-state index contributed by atoms with van der Waals surface area (Å²) in [5.74, 6) is -0.608. The lowest BCUT2D eigenvalue weighted by molar-refractivity contribution is -0.138. The van der Waals surface area contributed by atoms with E-state index in [-0.39, 0.29) is 12.2 Å². The second-order valence-corrected chi connectivity index (χ2v) is 4.97.